The van der Waals surface area contributed by atoms with E-state index in [9.17, 15) is 73.9 Å². The molecule has 0 radical (unpaired) electrons. The van der Waals surface area contributed by atoms with Crippen molar-refractivity contribution in [3.8, 4) is 0 Å². The maximum atomic E-state index is 14.0. The summed E-state index contributed by atoms with van der Waals surface area (Å²) in [5.41, 5.74) is 0. The highest BCUT2D eigenvalue weighted by Crippen LogP contribution is 2.60. The molecular weight excluding hydrogens is 829 g/mol. The summed E-state index contributed by atoms with van der Waals surface area (Å²) >= 11 is 2.93. The lowest BCUT2D eigenvalue weighted by atomic mass is 9.93. The molecule has 0 aliphatic rings. The van der Waals surface area contributed by atoms with Crippen LogP contribution in [-0.4, -0.2) is 58.4 Å². The number of hydrogen-bond donors (Lipinski definition) is 0. The Labute approximate surface area is 224 Å². The third kappa shape index (κ3) is 5.34. The number of thiophene rings is 1. The SMILES string of the molecule is C=CS(=O)(=O)c1c(I)sc(I)c1S(=O)(=O)CCC(F)(F)C(F)(F)C(F)(F)C(F)(F)C(F)(F)C(F)(F)F. The van der Waals surface area contributed by atoms with Gasteiger partial charge in [-0.05, 0) is 45.2 Å². The molecular formula is C14H7F13I2O4S3. The molecule has 0 aliphatic heterocycles. The van der Waals surface area contributed by atoms with Crippen LogP contribution < -0.4 is 0 Å². The van der Waals surface area contributed by atoms with Crippen molar-refractivity contribution in [3.63, 3.8) is 0 Å². The van der Waals surface area contributed by atoms with Crippen LogP contribution in [0.1, 0.15) is 6.42 Å². The molecule has 4 nitrogen and oxygen atoms in total. The maximum absolute atomic E-state index is 14.0. The van der Waals surface area contributed by atoms with Gasteiger partial charge in [-0.1, -0.05) is 6.58 Å². The first-order valence-corrected chi connectivity index (χ1v) is 14.3. The van der Waals surface area contributed by atoms with Crippen molar-refractivity contribution in [2.45, 2.75) is 52.0 Å². The molecule has 0 saturated carbocycles. The minimum Gasteiger partial charge on any atom is -0.224 e. The van der Waals surface area contributed by atoms with Crippen LogP contribution >= 0.6 is 56.5 Å². The Bertz CT molecular complexity index is 1240. The lowest BCUT2D eigenvalue weighted by Gasteiger charge is -2.39. The Morgan fingerprint density at radius 3 is 1.47 bits per heavy atom. The summed E-state index contributed by atoms with van der Waals surface area (Å²) < 4.78 is 220. The molecule has 1 aromatic heterocycles. The first-order chi connectivity index (χ1) is 15.6. The third-order valence-corrected chi connectivity index (χ3v) is 11.7. The average Bonchev–Trinajstić information content (AvgIpc) is 3.00. The van der Waals surface area contributed by atoms with E-state index in [0.29, 0.717) is 11.3 Å². The highest BCUT2D eigenvalue weighted by molar-refractivity contribution is 14.1. The number of halogens is 15. The van der Waals surface area contributed by atoms with Gasteiger partial charge in [0, 0.05) is 11.8 Å². The van der Waals surface area contributed by atoms with Crippen molar-refractivity contribution in [2.24, 2.45) is 0 Å². The zero-order valence-electron chi connectivity index (χ0n) is 16.2. The molecule has 1 rings (SSSR count). The molecule has 0 spiro atoms. The minimum atomic E-state index is -8.12. The summed E-state index contributed by atoms with van der Waals surface area (Å²) in [6.07, 6.45) is -10.6. The van der Waals surface area contributed by atoms with Crippen molar-refractivity contribution in [2.75, 3.05) is 5.75 Å². The highest BCUT2D eigenvalue weighted by Gasteiger charge is 2.90. The Morgan fingerprint density at radius 1 is 0.694 bits per heavy atom. The van der Waals surface area contributed by atoms with Gasteiger partial charge >= 0.3 is 35.8 Å². The zero-order chi connectivity index (χ0) is 29.1. The summed E-state index contributed by atoms with van der Waals surface area (Å²) in [7, 11) is -10.1. The van der Waals surface area contributed by atoms with E-state index in [4.69, 9.17) is 0 Å². The monoisotopic (exact) mass is 836 g/mol. The standard InChI is InChI=1S/C14H7F13I2O4S3/c1-2-35(30,31)5-6(8(29)34-7(5)28)36(32,33)4-3-9(15,16)10(17,18)11(19,20)12(21,22)13(23,24)14(25,26)27/h2H,1,3-4H2. The minimum absolute atomic E-state index is 0.221. The Balaban J connectivity index is 3.53. The van der Waals surface area contributed by atoms with Gasteiger partial charge in [0.25, 0.3) is 0 Å². The molecule has 1 heterocycles. The second kappa shape index (κ2) is 9.82. The van der Waals surface area contributed by atoms with Crippen molar-refractivity contribution < 1.29 is 73.9 Å². The average molecular weight is 836 g/mol. The molecule has 210 valence electrons. The van der Waals surface area contributed by atoms with E-state index < -0.39 is 80.3 Å². The molecule has 0 N–H and O–H groups in total. The fourth-order valence-electron chi connectivity index (χ4n) is 2.26. The Kier molecular flexibility index (Phi) is 9.25. The fourth-order valence-corrected chi connectivity index (χ4v) is 12.2. The Morgan fingerprint density at radius 2 is 1.08 bits per heavy atom. The molecule has 0 aromatic carbocycles. The number of hydrogen-bond acceptors (Lipinski definition) is 5. The normalized spacial score (nSPS) is 15.3. The van der Waals surface area contributed by atoms with Crippen LogP contribution in [0.3, 0.4) is 0 Å². The molecule has 0 atom stereocenters. The van der Waals surface area contributed by atoms with Gasteiger partial charge in [-0.3, -0.25) is 0 Å². The fraction of sp³-hybridized carbons (Fsp3) is 0.571. The van der Waals surface area contributed by atoms with E-state index >= 15 is 0 Å². The van der Waals surface area contributed by atoms with Crippen LogP contribution in [0.2, 0.25) is 0 Å². The molecule has 0 aliphatic carbocycles. The molecule has 22 heteroatoms. The van der Waals surface area contributed by atoms with Gasteiger partial charge < -0.3 is 0 Å². The van der Waals surface area contributed by atoms with Crippen LogP contribution in [0.4, 0.5) is 57.1 Å². The van der Waals surface area contributed by atoms with Gasteiger partial charge in [-0.2, -0.15) is 57.1 Å². The third-order valence-electron chi connectivity index (χ3n) is 4.24. The van der Waals surface area contributed by atoms with Crippen LogP contribution in [0, 0.1) is 5.77 Å². The van der Waals surface area contributed by atoms with Crippen LogP contribution in [0.25, 0.3) is 0 Å². The quantitative estimate of drug-likeness (QED) is 0.193. The van der Waals surface area contributed by atoms with E-state index in [0.717, 1.165) is 0 Å². The molecule has 0 saturated heterocycles. The van der Waals surface area contributed by atoms with E-state index in [2.05, 4.69) is 6.58 Å². The van der Waals surface area contributed by atoms with Crippen molar-refractivity contribution in [1.29, 1.82) is 0 Å². The molecule has 0 fully saturated rings. The topological polar surface area (TPSA) is 68.3 Å². The van der Waals surface area contributed by atoms with Gasteiger partial charge in [0.15, 0.2) is 9.84 Å². The van der Waals surface area contributed by atoms with Crippen molar-refractivity contribution in [1.82, 2.24) is 0 Å². The van der Waals surface area contributed by atoms with Crippen molar-refractivity contribution >= 4 is 76.2 Å². The van der Waals surface area contributed by atoms with Crippen molar-refractivity contribution in [3.05, 3.63) is 17.8 Å². The predicted octanol–water partition coefficient (Wildman–Crippen LogP) is 6.78. The van der Waals surface area contributed by atoms with E-state index in [1.165, 1.54) is 45.2 Å². The smallest absolute Gasteiger partial charge is 0.224 e. The lowest BCUT2D eigenvalue weighted by Crippen LogP contribution is -2.70. The summed E-state index contributed by atoms with van der Waals surface area (Å²) in [4.78, 5) is -2.30. The van der Waals surface area contributed by atoms with Gasteiger partial charge in [0.05, 0.1) is 11.5 Å². The first-order valence-electron chi connectivity index (χ1n) is 8.10. The largest absolute Gasteiger partial charge is 0.460 e. The highest BCUT2D eigenvalue weighted by atomic mass is 127. The molecule has 36 heavy (non-hydrogen) atoms. The number of alkyl halides is 13. The molecule has 0 unspecified atom stereocenters. The van der Waals surface area contributed by atoms with Crippen LogP contribution in [-0.2, 0) is 19.7 Å². The van der Waals surface area contributed by atoms with Gasteiger partial charge in [0.2, 0.25) is 9.84 Å². The number of rotatable bonds is 10. The summed E-state index contributed by atoms with van der Waals surface area (Å²) in [6.45, 7) is 2.89. The summed E-state index contributed by atoms with van der Waals surface area (Å²) in [5.74, 6) is -40.7. The molecule has 0 bridgehead atoms. The maximum Gasteiger partial charge on any atom is 0.460 e. The van der Waals surface area contributed by atoms with E-state index in [-0.39, 0.29) is 8.29 Å². The second-order valence-electron chi connectivity index (χ2n) is 6.59. The van der Waals surface area contributed by atoms with Gasteiger partial charge in [-0.25, -0.2) is 16.8 Å². The molecule has 0 amide bonds. The Hall–Kier alpha value is -0.110. The number of sulfone groups is 2. The van der Waals surface area contributed by atoms with Gasteiger partial charge in [-0.15, -0.1) is 11.3 Å². The van der Waals surface area contributed by atoms with Crippen LogP contribution in [0.15, 0.2) is 21.8 Å². The first kappa shape index (κ1) is 33.9. The van der Waals surface area contributed by atoms with E-state index in [1.54, 1.807) is 0 Å². The summed E-state index contributed by atoms with van der Waals surface area (Å²) in [6, 6.07) is 0. The summed E-state index contributed by atoms with van der Waals surface area (Å²) in [5, 5.41) is 0.221. The van der Waals surface area contributed by atoms with Gasteiger partial charge in [0.1, 0.15) is 9.79 Å². The zero-order valence-corrected chi connectivity index (χ0v) is 23.0. The molecule has 1 aromatic rings. The lowest BCUT2D eigenvalue weighted by molar-refractivity contribution is -0.439. The predicted molar refractivity (Wildman–Crippen MR) is 115 cm³/mol. The van der Waals surface area contributed by atoms with E-state index in [1.807, 2.05) is 0 Å². The second-order valence-corrected chi connectivity index (χ2v) is 15.1. The van der Waals surface area contributed by atoms with Crippen LogP contribution in [0.5, 0.6) is 0 Å².